The second-order valence-corrected chi connectivity index (χ2v) is 4.88. The smallest absolute Gasteiger partial charge is 0.168 e. The van der Waals surface area contributed by atoms with Crippen LogP contribution in [0.3, 0.4) is 0 Å². The van der Waals surface area contributed by atoms with E-state index in [0.717, 1.165) is 17.9 Å². The summed E-state index contributed by atoms with van der Waals surface area (Å²) < 4.78 is 19.8. The van der Waals surface area contributed by atoms with Crippen molar-refractivity contribution in [3.63, 3.8) is 0 Å². The zero-order chi connectivity index (χ0) is 15.2. The predicted octanol–water partition coefficient (Wildman–Crippen LogP) is 1.72. The van der Waals surface area contributed by atoms with Crippen molar-refractivity contribution in [1.82, 2.24) is 25.5 Å². The first kappa shape index (κ1) is 15.5. The van der Waals surface area contributed by atoms with Crippen molar-refractivity contribution in [1.29, 1.82) is 0 Å². The Bertz CT molecular complexity index is 557. The van der Waals surface area contributed by atoms with Gasteiger partial charge in [0.25, 0.3) is 0 Å². The van der Waals surface area contributed by atoms with Crippen LogP contribution in [0.2, 0.25) is 0 Å². The molecule has 0 spiro atoms. The molecule has 21 heavy (non-hydrogen) atoms. The van der Waals surface area contributed by atoms with Crippen LogP contribution in [-0.4, -0.2) is 40.5 Å². The number of nitrogens with zero attached hydrogens (tertiary/aromatic N) is 4. The number of hydrogen-bond donors (Lipinski definition) is 1. The van der Waals surface area contributed by atoms with Gasteiger partial charge in [-0.05, 0) is 42.0 Å². The fourth-order valence-electron chi connectivity index (χ4n) is 2.11. The Hall–Kier alpha value is -1.86. The summed E-state index contributed by atoms with van der Waals surface area (Å²) in [5, 5.41) is 15.2. The molecule has 0 saturated carbocycles. The van der Waals surface area contributed by atoms with Crippen LogP contribution in [0, 0.1) is 5.82 Å². The van der Waals surface area contributed by atoms with E-state index in [2.05, 4.69) is 20.8 Å². The van der Waals surface area contributed by atoms with Crippen LogP contribution in [-0.2, 0) is 4.74 Å². The van der Waals surface area contributed by atoms with Gasteiger partial charge < -0.3 is 10.1 Å². The van der Waals surface area contributed by atoms with Crippen LogP contribution in [0.1, 0.15) is 37.3 Å². The number of tetrazole rings is 1. The Morgan fingerprint density at radius 1 is 1.29 bits per heavy atom. The highest BCUT2D eigenvalue weighted by Crippen LogP contribution is 2.20. The first-order chi connectivity index (χ1) is 10.1. The van der Waals surface area contributed by atoms with E-state index in [1.54, 1.807) is 23.9 Å². The van der Waals surface area contributed by atoms with E-state index < -0.39 is 0 Å². The van der Waals surface area contributed by atoms with Gasteiger partial charge in [-0.25, -0.2) is 9.07 Å². The summed E-state index contributed by atoms with van der Waals surface area (Å²) in [6.45, 7) is 5.32. The summed E-state index contributed by atoms with van der Waals surface area (Å²) in [7, 11) is 1.66. The predicted molar refractivity (Wildman–Crippen MR) is 76.3 cm³/mol. The molecule has 114 valence electrons. The molecule has 0 aliphatic carbocycles. The van der Waals surface area contributed by atoms with Crippen LogP contribution in [0.5, 0.6) is 0 Å². The number of methoxy groups -OCH3 is 1. The average Bonchev–Trinajstić information content (AvgIpc) is 2.97. The van der Waals surface area contributed by atoms with Crippen LogP contribution in [0.4, 0.5) is 4.39 Å². The molecule has 0 bridgehead atoms. The molecular formula is C14H20FN5O. The molecule has 1 N–H and O–H groups in total. The van der Waals surface area contributed by atoms with E-state index in [1.165, 1.54) is 12.1 Å². The molecule has 2 atom stereocenters. The number of halogens is 1. The zero-order valence-electron chi connectivity index (χ0n) is 12.5. The highest BCUT2D eigenvalue weighted by atomic mass is 19.1. The maximum Gasteiger partial charge on any atom is 0.168 e. The lowest BCUT2D eigenvalue weighted by Gasteiger charge is -2.18. The third kappa shape index (κ3) is 3.83. The molecule has 1 aromatic heterocycles. The fourth-order valence-corrected chi connectivity index (χ4v) is 2.11. The Morgan fingerprint density at radius 3 is 2.67 bits per heavy atom. The summed E-state index contributed by atoms with van der Waals surface area (Å²) in [6.07, 6.45) is 0. The van der Waals surface area contributed by atoms with Crippen LogP contribution in [0.25, 0.3) is 0 Å². The summed E-state index contributed by atoms with van der Waals surface area (Å²) in [5.74, 6) is 0.486. The van der Waals surface area contributed by atoms with E-state index in [9.17, 15) is 4.39 Å². The van der Waals surface area contributed by atoms with Gasteiger partial charge in [-0.1, -0.05) is 12.1 Å². The maximum absolute atomic E-state index is 13.0. The quantitative estimate of drug-likeness (QED) is 0.787. The monoisotopic (exact) mass is 293 g/mol. The van der Waals surface area contributed by atoms with Crippen molar-refractivity contribution in [2.45, 2.75) is 25.9 Å². The normalized spacial score (nSPS) is 14.1. The average molecular weight is 293 g/mol. The fraction of sp³-hybridized carbons (Fsp3) is 0.500. The van der Waals surface area contributed by atoms with E-state index in [-0.39, 0.29) is 17.9 Å². The van der Waals surface area contributed by atoms with Crippen molar-refractivity contribution in [2.24, 2.45) is 0 Å². The summed E-state index contributed by atoms with van der Waals surface area (Å²) in [4.78, 5) is 0. The van der Waals surface area contributed by atoms with Gasteiger partial charge >= 0.3 is 0 Å². The SMILES string of the molecule is COCCNC(C)c1nnnn1C(C)c1ccc(F)cc1. The molecule has 0 saturated heterocycles. The second-order valence-electron chi connectivity index (χ2n) is 4.88. The highest BCUT2D eigenvalue weighted by molar-refractivity contribution is 5.20. The van der Waals surface area contributed by atoms with Gasteiger partial charge in [0.2, 0.25) is 0 Å². The van der Waals surface area contributed by atoms with Crippen molar-refractivity contribution in [2.75, 3.05) is 20.3 Å². The molecule has 0 amide bonds. The van der Waals surface area contributed by atoms with Gasteiger partial charge in [0.05, 0.1) is 18.7 Å². The van der Waals surface area contributed by atoms with Crippen molar-refractivity contribution >= 4 is 0 Å². The molecule has 6 nitrogen and oxygen atoms in total. The molecule has 0 radical (unpaired) electrons. The number of ether oxygens (including phenoxy) is 1. The Labute approximate surface area is 123 Å². The van der Waals surface area contributed by atoms with Crippen LogP contribution < -0.4 is 5.32 Å². The molecular weight excluding hydrogens is 273 g/mol. The maximum atomic E-state index is 13.0. The summed E-state index contributed by atoms with van der Waals surface area (Å²) >= 11 is 0. The zero-order valence-corrected chi connectivity index (χ0v) is 12.5. The number of rotatable bonds is 7. The number of benzene rings is 1. The van der Waals surface area contributed by atoms with Crippen molar-refractivity contribution in [3.05, 3.63) is 41.5 Å². The third-order valence-corrected chi connectivity index (χ3v) is 3.38. The number of nitrogens with one attached hydrogen (secondary N) is 1. The molecule has 2 rings (SSSR count). The second kappa shape index (κ2) is 7.24. The van der Waals surface area contributed by atoms with Gasteiger partial charge in [0.1, 0.15) is 5.82 Å². The molecule has 0 aliphatic heterocycles. The number of aromatic nitrogens is 4. The van der Waals surface area contributed by atoms with Crippen LogP contribution >= 0.6 is 0 Å². The molecule has 0 fully saturated rings. The Kier molecular flexibility index (Phi) is 5.35. The van der Waals surface area contributed by atoms with Gasteiger partial charge in [-0.2, -0.15) is 0 Å². The summed E-state index contributed by atoms with van der Waals surface area (Å²) in [5.41, 5.74) is 0.953. The lowest BCUT2D eigenvalue weighted by atomic mass is 10.1. The van der Waals surface area contributed by atoms with E-state index >= 15 is 0 Å². The third-order valence-electron chi connectivity index (χ3n) is 3.38. The van der Waals surface area contributed by atoms with Crippen molar-refractivity contribution in [3.8, 4) is 0 Å². The largest absolute Gasteiger partial charge is 0.383 e. The summed E-state index contributed by atoms with van der Waals surface area (Å²) in [6, 6.07) is 6.30. The lowest BCUT2D eigenvalue weighted by Crippen LogP contribution is -2.26. The highest BCUT2D eigenvalue weighted by Gasteiger charge is 2.19. The van der Waals surface area contributed by atoms with Gasteiger partial charge in [-0.15, -0.1) is 5.10 Å². The first-order valence-corrected chi connectivity index (χ1v) is 6.89. The minimum Gasteiger partial charge on any atom is -0.383 e. The Balaban J connectivity index is 2.13. The molecule has 7 heteroatoms. The first-order valence-electron chi connectivity index (χ1n) is 6.89. The van der Waals surface area contributed by atoms with E-state index in [1.807, 2.05) is 13.8 Å². The topological polar surface area (TPSA) is 64.9 Å². The molecule has 2 aromatic rings. The van der Waals surface area contributed by atoms with Gasteiger partial charge in [0, 0.05) is 13.7 Å². The molecule has 1 aromatic carbocycles. The molecule has 0 aliphatic rings. The standard InChI is InChI=1S/C14H20FN5O/c1-10(16-8-9-21-3)14-17-18-19-20(14)11(2)12-4-6-13(15)7-5-12/h4-7,10-11,16H,8-9H2,1-3H3. The number of hydrogen-bond acceptors (Lipinski definition) is 5. The minimum absolute atomic E-state index is 0.00181. The minimum atomic E-state index is -0.252. The Morgan fingerprint density at radius 2 is 2.00 bits per heavy atom. The van der Waals surface area contributed by atoms with E-state index in [4.69, 9.17) is 4.74 Å². The van der Waals surface area contributed by atoms with Gasteiger partial charge in [-0.3, -0.25) is 0 Å². The van der Waals surface area contributed by atoms with E-state index in [0.29, 0.717) is 6.61 Å². The van der Waals surface area contributed by atoms with Gasteiger partial charge in [0.15, 0.2) is 5.82 Å². The molecule has 2 unspecified atom stereocenters. The lowest BCUT2D eigenvalue weighted by molar-refractivity contribution is 0.195. The van der Waals surface area contributed by atoms with Crippen molar-refractivity contribution < 1.29 is 9.13 Å². The van der Waals surface area contributed by atoms with Crippen LogP contribution in [0.15, 0.2) is 24.3 Å². The molecule has 1 heterocycles.